The molecule has 0 aromatic heterocycles. The third kappa shape index (κ3) is 2.96. The zero-order valence-electron chi connectivity index (χ0n) is 9.23. The number of hydrogen-bond donors (Lipinski definition) is 1. The molecular formula is C11H10Cl2N2O2S. The summed E-state index contributed by atoms with van der Waals surface area (Å²) in [4.78, 5) is -0.0995. The van der Waals surface area contributed by atoms with Gasteiger partial charge in [0.2, 0.25) is 10.0 Å². The highest BCUT2D eigenvalue weighted by molar-refractivity contribution is 7.89. The summed E-state index contributed by atoms with van der Waals surface area (Å²) in [5.41, 5.74) is 0. The van der Waals surface area contributed by atoms with E-state index in [0.29, 0.717) is 0 Å². The van der Waals surface area contributed by atoms with Crippen molar-refractivity contribution in [1.29, 1.82) is 5.26 Å². The number of rotatable bonds is 4. The normalized spacial score (nSPS) is 17.2. The molecule has 1 aromatic rings. The molecule has 1 unspecified atom stereocenters. The Labute approximate surface area is 116 Å². The Morgan fingerprint density at radius 1 is 1.39 bits per heavy atom. The highest BCUT2D eigenvalue weighted by atomic mass is 35.5. The van der Waals surface area contributed by atoms with E-state index >= 15 is 0 Å². The van der Waals surface area contributed by atoms with Crippen molar-refractivity contribution < 1.29 is 8.42 Å². The molecule has 1 aliphatic rings. The molecule has 0 aliphatic heterocycles. The summed E-state index contributed by atoms with van der Waals surface area (Å²) in [6.45, 7) is 0. The van der Waals surface area contributed by atoms with Gasteiger partial charge >= 0.3 is 0 Å². The van der Waals surface area contributed by atoms with Crippen molar-refractivity contribution >= 4 is 33.2 Å². The van der Waals surface area contributed by atoms with Crippen LogP contribution in [0.2, 0.25) is 10.0 Å². The first-order chi connectivity index (χ1) is 8.44. The fraction of sp³-hybridized carbons (Fsp3) is 0.364. The number of halogens is 2. The Bertz CT molecular complexity index is 606. The molecule has 96 valence electrons. The van der Waals surface area contributed by atoms with E-state index in [1.165, 1.54) is 18.2 Å². The maximum atomic E-state index is 12.1. The van der Waals surface area contributed by atoms with Crippen LogP contribution in [0.15, 0.2) is 23.1 Å². The van der Waals surface area contributed by atoms with Gasteiger partial charge in [-0.1, -0.05) is 23.2 Å². The van der Waals surface area contributed by atoms with Gasteiger partial charge in [-0.3, -0.25) is 0 Å². The SMILES string of the molecule is N#CC(NS(=O)(=O)c1cc(Cl)ccc1Cl)C1CC1. The van der Waals surface area contributed by atoms with Crippen molar-refractivity contribution in [3.8, 4) is 6.07 Å². The highest BCUT2D eigenvalue weighted by Gasteiger charge is 2.35. The molecular weight excluding hydrogens is 295 g/mol. The van der Waals surface area contributed by atoms with Gasteiger partial charge in [-0.05, 0) is 37.0 Å². The molecule has 0 spiro atoms. The van der Waals surface area contributed by atoms with Crippen LogP contribution in [0, 0.1) is 17.2 Å². The maximum Gasteiger partial charge on any atom is 0.243 e. The van der Waals surface area contributed by atoms with E-state index in [-0.39, 0.29) is 20.9 Å². The Morgan fingerprint density at radius 3 is 2.61 bits per heavy atom. The first kappa shape index (κ1) is 13.6. The van der Waals surface area contributed by atoms with E-state index in [0.717, 1.165) is 12.8 Å². The van der Waals surface area contributed by atoms with E-state index in [1.54, 1.807) is 0 Å². The van der Waals surface area contributed by atoms with Crippen molar-refractivity contribution in [1.82, 2.24) is 4.72 Å². The standard InChI is InChI=1S/C11H10Cl2N2O2S/c12-8-3-4-9(13)11(5-8)18(16,17)15-10(6-14)7-1-2-7/h3-5,7,10,15H,1-2H2. The lowest BCUT2D eigenvalue weighted by Crippen LogP contribution is -2.35. The van der Waals surface area contributed by atoms with Gasteiger partial charge in [0.1, 0.15) is 10.9 Å². The number of sulfonamides is 1. The lowest BCUT2D eigenvalue weighted by Gasteiger charge is -2.12. The van der Waals surface area contributed by atoms with Gasteiger partial charge in [-0.25, -0.2) is 8.42 Å². The van der Waals surface area contributed by atoms with Gasteiger partial charge < -0.3 is 0 Å². The number of nitriles is 1. The van der Waals surface area contributed by atoms with Gasteiger partial charge in [0.25, 0.3) is 0 Å². The monoisotopic (exact) mass is 304 g/mol. The zero-order valence-corrected chi connectivity index (χ0v) is 11.6. The second-order valence-corrected chi connectivity index (χ2v) is 6.67. The van der Waals surface area contributed by atoms with Crippen molar-refractivity contribution in [2.45, 2.75) is 23.8 Å². The third-order valence-electron chi connectivity index (χ3n) is 2.70. The molecule has 0 radical (unpaired) electrons. The van der Waals surface area contributed by atoms with Gasteiger partial charge in [0.15, 0.2) is 0 Å². The highest BCUT2D eigenvalue weighted by Crippen LogP contribution is 2.33. The van der Waals surface area contributed by atoms with Crippen molar-refractivity contribution in [2.24, 2.45) is 5.92 Å². The average molecular weight is 305 g/mol. The fourth-order valence-corrected chi connectivity index (χ4v) is 3.54. The van der Waals surface area contributed by atoms with Gasteiger partial charge in [-0.2, -0.15) is 9.98 Å². The zero-order chi connectivity index (χ0) is 13.3. The molecule has 1 atom stereocenters. The quantitative estimate of drug-likeness (QED) is 0.929. The third-order valence-corrected chi connectivity index (χ3v) is 4.86. The summed E-state index contributed by atoms with van der Waals surface area (Å²) < 4.78 is 26.6. The van der Waals surface area contributed by atoms with Gasteiger partial charge in [0, 0.05) is 5.02 Å². The van der Waals surface area contributed by atoms with Crippen molar-refractivity contribution in [2.75, 3.05) is 0 Å². The van der Waals surface area contributed by atoms with E-state index in [1.807, 2.05) is 6.07 Å². The number of nitrogens with one attached hydrogen (secondary N) is 1. The van der Waals surface area contributed by atoms with Crippen LogP contribution in [0.5, 0.6) is 0 Å². The van der Waals surface area contributed by atoms with E-state index < -0.39 is 16.1 Å². The minimum absolute atomic E-state index is 0.0828. The smallest absolute Gasteiger partial charge is 0.207 e. The van der Waals surface area contributed by atoms with E-state index in [2.05, 4.69) is 4.72 Å². The summed E-state index contributed by atoms with van der Waals surface area (Å²) in [6.07, 6.45) is 1.73. The molecule has 0 amide bonds. The molecule has 1 aliphatic carbocycles. The lowest BCUT2D eigenvalue weighted by atomic mass is 10.2. The second-order valence-electron chi connectivity index (χ2n) is 4.14. The van der Waals surface area contributed by atoms with Crippen LogP contribution < -0.4 is 4.72 Å². The van der Waals surface area contributed by atoms with Crippen LogP contribution in [-0.2, 0) is 10.0 Å². The maximum absolute atomic E-state index is 12.1. The van der Waals surface area contributed by atoms with Gasteiger partial charge in [0.05, 0.1) is 11.1 Å². The Balaban J connectivity index is 2.30. The molecule has 0 heterocycles. The molecule has 0 saturated heterocycles. The average Bonchev–Trinajstić information content (AvgIpc) is 3.13. The molecule has 4 nitrogen and oxygen atoms in total. The summed E-state index contributed by atoms with van der Waals surface area (Å²) >= 11 is 11.6. The van der Waals surface area contributed by atoms with Crippen LogP contribution >= 0.6 is 23.2 Å². The van der Waals surface area contributed by atoms with Crippen LogP contribution in [0.25, 0.3) is 0 Å². The molecule has 1 fully saturated rings. The minimum atomic E-state index is -3.82. The van der Waals surface area contributed by atoms with Crippen molar-refractivity contribution in [3.63, 3.8) is 0 Å². The van der Waals surface area contributed by atoms with Crippen LogP contribution in [0.1, 0.15) is 12.8 Å². The Kier molecular flexibility index (Phi) is 3.83. The molecule has 2 rings (SSSR count). The molecule has 1 N–H and O–H groups in total. The number of hydrogen-bond acceptors (Lipinski definition) is 3. The summed E-state index contributed by atoms with van der Waals surface area (Å²) in [5.74, 6) is 0.0998. The largest absolute Gasteiger partial charge is 0.243 e. The Morgan fingerprint density at radius 2 is 2.06 bits per heavy atom. The van der Waals surface area contributed by atoms with Crippen LogP contribution in [0.4, 0.5) is 0 Å². The summed E-state index contributed by atoms with van der Waals surface area (Å²) in [6, 6.07) is 5.44. The topological polar surface area (TPSA) is 70.0 Å². The minimum Gasteiger partial charge on any atom is -0.207 e. The second kappa shape index (κ2) is 5.06. The summed E-state index contributed by atoms with van der Waals surface area (Å²) in [7, 11) is -3.82. The van der Waals surface area contributed by atoms with Crippen LogP contribution in [-0.4, -0.2) is 14.5 Å². The number of benzene rings is 1. The Hall–Kier alpha value is -0.800. The first-order valence-electron chi connectivity index (χ1n) is 5.31. The lowest BCUT2D eigenvalue weighted by molar-refractivity contribution is 0.560. The summed E-state index contributed by atoms with van der Waals surface area (Å²) in [5, 5.41) is 9.29. The first-order valence-corrected chi connectivity index (χ1v) is 7.55. The predicted molar refractivity (Wildman–Crippen MR) is 68.9 cm³/mol. The van der Waals surface area contributed by atoms with E-state index in [4.69, 9.17) is 28.5 Å². The van der Waals surface area contributed by atoms with Crippen LogP contribution in [0.3, 0.4) is 0 Å². The van der Waals surface area contributed by atoms with Crippen molar-refractivity contribution in [3.05, 3.63) is 28.2 Å². The van der Waals surface area contributed by atoms with E-state index in [9.17, 15) is 8.42 Å². The fourth-order valence-electron chi connectivity index (χ4n) is 1.57. The molecule has 1 saturated carbocycles. The van der Waals surface area contributed by atoms with Gasteiger partial charge in [-0.15, -0.1) is 0 Å². The molecule has 0 bridgehead atoms. The molecule has 7 heteroatoms. The number of nitrogens with zero attached hydrogens (tertiary/aromatic N) is 1. The molecule has 1 aromatic carbocycles. The predicted octanol–water partition coefficient (Wildman–Crippen LogP) is 2.57. The molecule has 18 heavy (non-hydrogen) atoms.